The summed E-state index contributed by atoms with van der Waals surface area (Å²) < 4.78 is 10.7. The van der Waals surface area contributed by atoms with Crippen LogP contribution in [0.25, 0.3) is 0 Å². The summed E-state index contributed by atoms with van der Waals surface area (Å²) in [4.78, 5) is 12.0. The molecule has 2 N–H and O–H groups in total. The lowest BCUT2D eigenvalue weighted by Crippen LogP contribution is -2.44. The largest absolute Gasteiger partial charge is 0.497 e. The molecule has 5 heteroatoms. The van der Waals surface area contributed by atoms with E-state index < -0.39 is 5.60 Å². The van der Waals surface area contributed by atoms with Crippen LogP contribution < -0.4 is 14.8 Å². The molecule has 25 heavy (non-hydrogen) atoms. The molecular weight excluding hydrogens is 318 g/mol. The average Bonchev–Trinajstić information content (AvgIpc) is 2.65. The zero-order valence-electron chi connectivity index (χ0n) is 14.3. The molecule has 3 rings (SSSR count). The zero-order valence-corrected chi connectivity index (χ0v) is 14.3. The number of carbonyl (C=O) groups excluding carboxylic acids is 1. The van der Waals surface area contributed by atoms with E-state index in [1.807, 2.05) is 36.4 Å². The monoisotopic (exact) mass is 341 g/mol. The first-order valence-corrected chi connectivity index (χ1v) is 8.45. The molecule has 0 radical (unpaired) electrons. The van der Waals surface area contributed by atoms with Gasteiger partial charge in [-0.2, -0.15) is 0 Å². The number of fused-ring (bicyclic) bond motifs is 1. The van der Waals surface area contributed by atoms with Crippen molar-refractivity contribution in [1.29, 1.82) is 0 Å². The Morgan fingerprint density at radius 3 is 2.76 bits per heavy atom. The highest BCUT2D eigenvalue weighted by Gasteiger charge is 2.34. The molecule has 0 aliphatic heterocycles. The van der Waals surface area contributed by atoms with E-state index in [9.17, 15) is 9.90 Å². The number of hydrogen-bond acceptors (Lipinski definition) is 4. The number of ether oxygens (including phenoxy) is 2. The van der Waals surface area contributed by atoms with Crippen LogP contribution in [0, 0.1) is 0 Å². The predicted molar refractivity (Wildman–Crippen MR) is 94.8 cm³/mol. The smallest absolute Gasteiger partial charge is 0.258 e. The third-order valence-corrected chi connectivity index (χ3v) is 4.54. The van der Waals surface area contributed by atoms with E-state index in [-0.39, 0.29) is 19.1 Å². The number of aliphatic hydroxyl groups is 1. The second-order valence-electron chi connectivity index (χ2n) is 6.29. The maximum Gasteiger partial charge on any atom is 0.258 e. The van der Waals surface area contributed by atoms with Crippen molar-refractivity contribution in [2.45, 2.75) is 24.9 Å². The summed E-state index contributed by atoms with van der Waals surface area (Å²) >= 11 is 0. The van der Waals surface area contributed by atoms with E-state index in [1.54, 1.807) is 19.2 Å². The van der Waals surface area contributed by atoms with Crippen molar-refractivity contribution in [1.82, 2.24) is 5.32 Å². The van der Waals surface area contributed by atoms with Gasteiger partial charge in [0.1, 0.15) is 17.1 Å². The highest BCUT2D eigenvalue weighted by molar-refractivity contribution is 5.77. The molecule has 1 atom stereocenters. The van der Waals surface area contributed by atoms with Crippen LogP contribution in [0.15, 0.2) is 48.5 Å². The molecule has 0 spiro atoms. The van der Waals surface area contributed by atoms with Crippen molar-refractivity contribution in [3.8, 4) is 11.5 Å². The summed E-state index contributed by atoms with van der Waals surface area (Å²) in [6.45, 7) is 0.0961. The number of aryl methyl sites for hydroxylation is 1. The number of methoxy groups -OCH3 is 1. The zero-order chi connectivity index (χ0) is 17.7. The van der Waals surface area contributed by atoms with E-state index in [0.717, 1.165) is 29.7 Å². The van der Waals surface area contributed by atoms with Crippen LogP contribution in [0.2, 0.25) is 0 Å². The van der Waals surface area contributed by atoms with E-state index in [4.69, 9.17) is 9.47 Å². The van der Waals surface area contributed by atoms with Gasteiger partial charge in [0.25, 0.3) is 5.91 Å². The minimum Gasteiger partial charge on any atom is -0.497 e. The molecule has 0 saturated heterocycles. The van der Waals surface area contributed by atoms with Gasteiger partial charge in [0.05, 0.1) is 13.7 Å². The lowest BCUT2D eigenvalue weighted by atomic mass is 9.79. The van der Waals surface area contributed by atoms with E-state index in [0.29, 0.717) is 12.2 Å². The fourth-order valence-corrected chi connectivity index (χ4v) is 3.21. The van der Waals surface area contributed by atoms with Gasteiger partial charge in [-0.3, -0.25) is 4.79 Å². The van der Waals surface area contributed by atoms with E-state index >= 15 is 0 Å². The first-order chi connectivity index (χ1) is 12.1. The molecule has 0 aromatic heterocycles. The number of nitrogens with one attached hydrogen (secondary N) is 1. The predicted octanol–water partition coefficient (Wildman–Crippen LogP) is 2.41. The molecule has 1 aliphatic rings. The summed E-state index contributed by atoms with van der Waals surface area (Å²) in [5.74, 6) is 1.17. The molecule has 1 amide bonds. The van der Waals surface area contributed by atoms with Crippen molar-refractivity contribution in [2.24, 2.45) is 0 Å². The summed E-state index contributed by atoms with van der Waals surface area (Å²) in [7, 11) is 1.63. The molecule has 0 heterocycles. The summed E-state index contributed by atoms with van der Waals surface area (Å²) in [5, 5.41) is 13.8. The average molecular weight is 341 g/mol. The SMILES string of the molecule is COc1ccc2c(c1)CCCC2(O)CNC(=O)COc1ccccc1. The third-order valence-electron chi connectivity index (χ3n) is 4.54. The fourth-order valence-electron chi connectivity index (χ4n) is 3.21. The van der Waals surface area contributed by atoms with Gasteiger partial charge in [-0.25, -0.2) is 0 Å². The van der Waals surface area contributed by atoms with E-state index in [1.165, 1.54) is 0 Å². The molecule has 0 bridgehead atoms. The summed E-state index contributed by atoms with van der Waals surface area (Å²) in [6, 6.07) is 14.9. The van der Waals surface area contributed by atoms with Gasteiger partial charge in [-0.05, 0) is 54.7 Å². The lowest BCUT2D eigenvalue weighted by molar-refractivity contribution is -0.124. The number of hydrogen-bond donors (Lipinski definition) is 2. The molecule has 132 valence electrons. The standard InChI is InChI=1S/C20H23NO4/c1-24-17-9-10-18-15(12-17)6-5-11-20(18,23)14-21-19(22)13-25-16-7-3-2-4-8-16/h2-4,7-10,12,23H,5-6,11,13-14H2,1H3,(H,21,22). The number of para-hydroxylation sites is 1. The Hall–Kier alpha value is -2.53. The van der Waals surface area contributed by atoms with Gasteiger partial charge < -0.3 is 19.9 Å². The van der Waals surface area contributed by atoms with Crippen molar-refractivity contribution in [2.75, 3.05) is 20.3 Å². The van der Waals surface area contributed by atoms with Crippen molar-refractivity contribution < 1.29 is 19.4 Å². The summed E-state index contributed by atoms with van der Waals surface area (Å²) in [5.41, 5.74) is 0.883. The van der Waals surface area contributed by atoms with Crippen LogP contribution in [-0.2, 0) is 16.8 Å². The molecule has 0 fully saturated rings. The minimum absolute atomic E-state index is 0.0738. The first-order valence-electron chi connectivity index (χ1n) is 8.45. The van der Waals surface area contributed by atoms with Crippen LogP contribution in [-0.4, -0.2) is 31.3 Å². The van der Waals surface area contributed by atoms with Crippen LogP contribution in [0.5, 0.6) is 11.5 Å². The first kappa shape index (κ1) is 17.3. The Morgan fingerprint density at radius 2 is 2.00 bits per heavy atom. The van der Waals surface area contributed by atoms with Crippen molar-refractivity contribution in [3.05, 3.63) is 59.7 Å². The fraction of sp³-hybridized carbons (Fsp3) is 0.350. The second kappa shape index (κ2) is 7.57. The van der Waals surface area contributed by atoms with Gasteiger partial charge in [0.2, 0.25) is 0 Å². The normalized spacial score (nSPS) is 19.0. The number of rotatable bonds is 6. The Morgan fingerprint density at radius 1 is 1.20 bits per heavy atom. The van der Waals surface area contributed by atoms with Crippen LogP contribution >= 0.6 is 0 Å². The molecule has 1 unspecified atom stereocenters. The number of carbonyl (C=O) groups is 1. The lowest BCUT2D eigenvalue weighted by Gasteiger charge is -2.34. The van der Waals surface area contributed by atoms with Gasteiger partial charge in [-0.1, -0.05) is 24.3 Å². The van der Waals surface area contributed by atoms with Crippen molar-refractivity contribution in [3.63, 3.8) is 0 Å². The van der Waals surface area contributed by atoms with Crippen LogP contribution in [0.4, 0.5) is 0 Å². The topological polar surface area (TPSA) is 67.8 Å². The molecule has 0 saturated carbocycles. The third kappa shape index (κ3) is 4.12. The Balaban J connectivity index is 1.60. The van der Waals surface area contributed by atoms with Gasteiger partial charge >= 0.3 is 0 Å². The maximum absolute atomic E-state index is 12.0. The molecule has 1 aliphatic carbocycles. The van der Waals surface area contributed by atoms with E-state index in [2.05, 4.69) is 5.32 Å². The van der Waals surface area contributed by atoms with Gasteiger partial charge in [0, 0.05) is 0 Å². The van der Waals surface area contributed by atoms with Crippen molar-refractivity contribution >= 4 is 5.91 Å². The Kier molecular flexibility index (Phi) is 5.24. The Labute approximate surface area is 147 Å². The molecule has 2 aromatic carbocycles. The maximum atomic E-state index is 12.0. The second-order valence-corrected chi connectivity index (χ2v) is 6.29. The Bertz CT molecular complexity index is 732. The quantitative estimate of drug-likeness (QED) is 0.847. The van der Waals surface area contributed by atoms with Gasteiger partial charge in [0.15, 0.2) is 6.61 Å². The molecule has 2 aromatic rings. The minimum atomic E-state index is -1.05. The highest BCUT2D eigenvalue weighted by Crippen LogP contribution is 2.36. The summed E-state index contributed by atoms with van der Waals surface area (Å²) in [6.07, 6.45) is 2.39. The molecular formula is C20H23NO4. The van der Waals surface area contributed by atoms with Crippen LogP contribution in [0.3, 0.4) is 0 Å². The van der Waals surface area contributed by atoms with Crippen LogP contribution in [0.1, 0.15) is 24.0 Å². The van der Waals surface area contributed by atoms with Gasteiger partial charge in [-0.15, -0.1) is 0 Å². The highest BCUT2D eigenvalue weighted by atomic mass is 16.5. The number of benzene rings is 2. The molecule has 5 nitrogen and oxygen atoms in total. The number of amides is 1.